The van der Waals surface area contributed by atoms with Gasteiger partial charge in [0.2, 0.25) is 6.79 Å². The van der Waals surface area contributed by atoms with E-state index < -0.39 is 0 Å². The molecule has 0 bridgehead atoms. The van der Waals surface area contributed by atoms with E-state index in [-0.39, 0.29) is 12.7 Å². The van der Waals surface area contributed by atoms with Gasteiger partial charge in [0.05, 0.1) is 6.61 Å². The van der Waals surface area contributed by atoms with Crippen LogP contribution in [0.25, 0.3) is 0 Å². The van der Waals surface area contributed by atoms with Crippen LogP contribution in [0.5, 0.6) is 11.5 Å². The fourth-order valence-corrected chi connectivity index (χ4v) is 3.53. The first-order valence-corrected chi connectivity index (χ1v) is 9.82. The van der Waals surface area contributed by atoms with Crippen LogP contribution in [0.15, 0.2) is 36.5 Å². The summed E-state index contributed by atoms with van der Waals surface area (Å²) >= 11 is 0. The maximum atomic E-state index is 12.9. The molecule has 1 amide bonds. The number of methoxy groups -OCH3 is 1. The maximum Gasteiger partial charge on any atom is 0.254 e. The summed E-state index contributed by atoms with van der Waals surface area (Å²) in [4.78, 5) is 21.4. The quantitative estimate of drug-likeness (QED) is 0.713. The number of piperazine rings is 1. The van der Waals surface area contributed by atoms with E-state index in [1.807, 2.05) is 17.0 Å². The minimum Gasteiger partial charge on any atom is -0.454 e. The fraction of sp³-hybridized carbons (Fsp3) is 0.429. The summed E-state index contributed by atoms with van der Waals surface area (Å²) in [5.41, 5.74) is 1.85. The van der Waals surface area contributed by atoms with Crippen molar-refractivity contribution in [2.45, 2.75) is 6.54 Å². The third kappa shape index (κ3) is 4.78. The number of rotatable bonds is 7. The average molecular weight is 398 g/mol. The Kier molecular flexibility index (Phi) is 6.12. The molecule has 1 fully saturated rings. The second-order valence-electron chi connectivity index (χ2n) is 7.11. The van der Waals surface area contributed by atoms with Crippen LogP contribution in [0, 0.1) is 0 Å². The first-order chi connectivity index (χ1) is 14.2. The summed E-state index contributed by atoms with van der Waals surface area (Å²) in [6.07, 6.45) is 1.66. The highest BCUT2D eigenvalue weighted by atomic mass is 16.7. The number of hydrogen-bond donors (Lipinski definition) is 1. The van der Waals surface area contributed by atoms with E-state index in [9.17, 15) is 4.79 Å². The van der Waals surface area contributed by atoms with E-state index in [2.05, 4.69) is 21.3 Å². The van der Waals surface area contributed by atoms with Gasteiger partial charge in [0.25, 0.3) is 5.91 Å². The van der Waals surface area contributed by atoms with Gasteiger partial charge in [-0.25, -0.2) is 4.98 Å². The van der Waals surface area contributed by atoms with Gasteiger partial charge in [-0.2, -0.15) is 0 Å². The van der Waals surface area contributed by atoms with Crippen LogP contribution in [0.3, 0.4) is 0 Å². The number of hydrogen-bond acceptors (Lipinski definition) is 7. The van der Waals surface area contributed by atoms with Crippen LogP contribution in [0.4, 0.5) is 5.82 Å². The minimum absolute atomic E-state index is 0.0462. The van der Waals surface area contributed by atoms with Crippen molar-refractivity contribution in [1.29, 1.82) is 0 Å². The molecule has 1 aromatic heterocycles. The molecule has 0 radical (unpaired) electrons. The van der Waals surface area contributed by atoms with Crippen molar-refractivity contribution < 1.29 is 19.0 Å². The Morgan fingerprint density at radius 3 is 2.79 bits per heavy atom. The number of pyridine rings is 1. The second-order valence-corrected chi connectivity index (χ2v) is 7.11. The van der Waals surface area contributed by atoms with Crippen molar-refractivity contribution in [3.8, 4) is 11.5 Å². The minimum atomic E-state index is 0.0462. The SMILES string of the molecule is COCCNc1cc(C(=O)N2CCN(Cc3ccc4c(c3)OCO4)CC2)ccn1. The lowest BCUT2D eigenvalue weighted by Crippen LogP contribution is -2.48. The lowest BCUT2D eigenvalue weighted by Gasteiger charge is -2.34. The molecule has 8 heteroatoms. The van der Waals surface area contributed by atoms with Gasteiger partial charge in [-0.1, -0.05) is 6.07 Å². The molecule has 2 aromatic rings. The van der Waals surface area contributed by atoms with E-state index in [1.54, 1.807) is 25.4 Å². The number of ether oxygens (including phenoxy) is 3. The topological polar surface area (TPSA) is 76.2 Å². The normalized spacial score (nSPS) is 16.1. The summed E-state index contributed by atoms with van der Waals surface area (Å²) in [7, 11) is 1.65. The zero-order valence-corrected chi connectivity index (χ0v) is 16.6. The third-order valence-corrected chi connectivity index (χ3v) is 5.12. The van der Waals surface area contributed by atoms with Crippen LogP contribution in [0.2, 0.25) is 0 Å². The first kappa shape index (κ1) is 19.5. The third-order valence-electron chi connectivity index (χ3n) is 5.12. The van der Waals surface area contributed by atoms with Crippen molar-refractivity contribution in [2.75, 3.05) is 58.6 Å². The number of carbonyl (C=O) groups excluding carboxylic acids is 1. The van der Waals surface area contributed by atoms with Crippen LogP contribution in [-0.2, 0) is 11.3 Å². The molecule has 4 rings (SSSR count). The number of benzene rings is 1. The van der Waals surface area contributed by atoms with Crippen molar-refractivity contribution in [3.05, 3.63) is 47.7 Å². The summed E-state index contributed by atoms with van der Waals surface area (Å²) < 4.78 is 15.8. The van der Waals surface area contributed by atoms with Crippen LogP contribution in [-0.4, -0.2) is 73.9 Å². The molecule has 2 aliphatic heterocycles. The highest BCUT2D eigenvalue weighted by Gasteiger charge is 2.23. The van der Waals surface area contributed by atoms with Crippen LogP contribution in [0.1, 0.15) is 15.9 Å². The van der Waals surface area contributed by atoms with Crippen molar-refractivity contribution in [1.82, 2.24) is 14.8 Å². The van der Waals surface area contributed by atoms with Crippen LogP contribution >= 0.6 is 0 Å². The Morgan fingerprint density at radius 1 is 1.14 bits per heavy atom. The fourth-order valence-electron chi connectivity index (χ4n) is 3.53. The highest BCUT2D eigenvalue weighted by molar-refractivity contribution is 5.94. The van der Waals surface area contributed by atoms with Gasteiger partial charge in [0.1, 0.15) is 5.82 Å². The number of nitrogens with one attached hydrogen (secondary N) is 1. The number of nitrogens with zero attached hydrogens (tertiary/aromatic N) is 3. The molecular formula is C21H26N4O4. The standard InChI is InChI=1S/C21H26N4O4/c1-27-11-6-23-20-13-17(4-5-22-20)21(26)25-9-7-24(8-10-25)14-16-2-3-18-19(12-16)29-15-28-18/h2-5,12-13H,6-11,14-15H2,1H3,(H,22,23). The number of aromatic nitrogens is 1. The van der Waals surface area contributed by atoms with E-state index in [1.165, 1.54) is 5.56 Å². The highest BCUT2D eigenvalue weighted by Crippen LogP contribution is 2.32. The van der Waals surface area contributed by atoms with Gasteiger partial charge in [-0.05, 0) is 29.8 Å². The monoisotopic (exact) mass is 398 g/mol. The number of fused-ring (bicyclic) bond motifs is 1. The summed E-state index contributed by atoms with van der Waals surface area (Å²) in [5, 5.41) is 3.16. The molecule has 0 atom stereocenters. The van der Waals surface area contributed by atoms with Gasteiger partial charge < -0.3 is 24.4 Å². The molecule has 0 saturated carbocycles. The Bertz CT molecular complexity index is 852. The zero-order valence-electron chi connectivity index (χ0n) is 16.6. The van der Waals surface area contributed by atoms with Gasteiger partial charge >= 0.3 is 0 Å². The average Bonchev–Trinajstić information content (AvgIpc) is 3.22. The number of carbonyl (C=O) groups is 1. The van der Waals surface area contributed by atoms with Crippen molar-refractivity contribution in [3.63, 3.8) is 0 Å². The molecule has 0 unspecified atom stereocenters. The van der Waals surface area contributed by atoms with Gasteiger partial charge in [0, 0.05) is 58.1 Å². The predicted octanol–water partition coefficient (Wildman–Crippen LogP) is 1.83. The lowest BCUT2D eigenvalue weighted by atomic mass is 10.1. The Labute approximate surface area is 170 Å². The molecule has 8 nitrogen and oxygen atoms in total. The number of anilines is 1. The van der Waals surface area contributed by atoms with E-state index >= 15 is 0 Å². The van der Waals surface area contributed by atoms with Gasteiger partial charge in [-0.15, -0.1) is 0 Å². The van der Waals surface area contributed by atoms with Gasteiger partial charge in [0.15, 0.2) is 11.5 Å². The first-order valence-electron chi connectivity index (χ1n) is 9.82. The van der Waals surface area contributed by atoms with E-state index in [0.29, 0.717) is 37.6 Å². The van der Waals surface area contributed by atoms with E-state index in [4.69, 9.17) is 14.2 Å². The summed E-state index contributed by atoms with van der Waals surface area (Å²) in [6, 6.07) is 9.63. The Hall–Kier alpha value is -2.84. The lowest BCUT2D eigenvalue weighted by molar-refractivity contribution is 0.0628. The molecule has 1 saturated heterocycles. The molecule has 29 heavy (non-hydrogen) atoms. The van der Waals surface area contributed by atoms with E-state index in [0.717, 1.165) is 31.1 Å². The largest absolute Gasteiger partial charge is 0.454 e. The molecule has 0 spiro atoms. The molecule has 1 aromatic carbocycles. The summed E-state index contributed by atoms with van der Waals surface area (Å²) in [6.45, 7) is 5.45. The van der Waals surface area contributed by atoms with Crippen molar-refractivity contribution in [2.24, 2.45) is 0 Å². The van der Waals surface area contributed by atoms with Crippen molar-refractivity contribution >= 4 is 11.7 Å². The molecule has 0 aliphatic carbocycles. The Balaban J connectivity index is 1.30. The molecule has 154 valence electrons. The van der Waals surface area contributed by atoms with Gasteiger partial charge in [-0.3, -0.25) is 9.69 Å². The maximum absolute atomic E-state index is 12.9. The van der Waals surface area contributed by atoms with Crippen LogP contribution < -0.4 is 14.8 Å². The molecule has 1 N–H and O–H groups in total. The Morgan fingerprint density at radius 2 is 1.97 bits per heavy atom. The zero-order chi connectivity index (χ0) is 20.1. The summed E-state index contributed by atoms with van der Waals surface area (Å²) in [5.74, 6) is 2.35. The predicted molar refractivity (Wildman–Crippen MR) is 108 cm³/mol. The number of amides is 1. The smallest absolute Gasteiger partial charge is 0.254 e. The molecular weight excluding hydrogens is 372 g/mol. The molecule has 2 aliphatic rings. The molecule has 3 heterocycles. The second kappa shape index (κ2) is 9.11.